The van der Waals surface area contributed by atoms with Gasteiger partial charge >= 0.3 is 23.9 Å². The lowest BCUT2D eigenvalue weighted by Gasteiger charge is -2.10. The molecule has 0 radical (unpaired) electrons. The molecule has 0 aromatic rings. The molecule has 0 heterocycles. The van der Waals surface area contributed by atoms with Gasteiger partial charge in [0.05, 0.1) is 0 Å². The number of carbonyl (C=O) groups is 6. The monoisotopic (exact) mass is 346 g/mol. The minimum Gasteiger partial charge on any atom is -0.383 e. The molecule has 8 N–H and O–H groups in total. The summed E-state index contributed by atoms with van der Waals surface area (Å²) in [7, 11) is 0. The number of primary amides is 2. The van der Waals surface area contributed by atoms with Gasteiger partial charge in [-0.2, -0.15) is 0 Å². The predicted octanol–water partition coefficient (Wildman–Crippen LogP) is -3.69. The lowest BCUT2D eigenvalue weighted by atomic mass is 10.1. The minimum atomic E-state index is -1.79. The SMILES string of the molecule is NC(=O)CC[C@H](N)C(=O)OC(=O)C(=O)OC(=O)[C@@H](N)CCC(N)=O. The highest BCUT2D eigenvalue weighted by Crippen LogP contribution is 2.00. The molecule has 0 fully saturated rings. The number of hydrogen-bond donors (Lipinski definition) is 4. The molecule has 12 heteroatoms. The normalized spacial score (nSPS) is 12.6. The Bertz CT molecular complexity index is 499. The van der Waals surface area contributed by atoms with Gasteiger partial charge in [-0.05, 0) is 12.8 Å². The number of nitrogens with two attached hydrogens (primary N) is 4. The molecule has 134 valence electrons. The highest BCUT2D eigenvalue weighted by atomic mass is 16.6. The third kappa shape index (κ3) is 8.55. The molecule has 0 aliphatic heterocycles. The van der Waals surface area contributed by atoms with Crippen molar-refractivity contribution in [2.75, 3.05) is 0 Å². The van der Waals surface area contributed by atoms with E-state index in [2.05, 4.69) is 9.47 Å². The molecule has 2 amide bonds. The summed E-state index contributed by atoms with van der Waals surface area (Å²) in [5, 5.41) is 0. The summed E-state index contributed by atoms with van der Waals surface area (Å²) >= 11 is 0. The summed E-state index contributed by atoms with van der Waals surface area (Å²) in [5.41, 5.74) is 20.3. The molecule has 0 rings (SSSR count). The molecular formula is C12H18N4O8. The first-order chi connectivity index (χ1) is 11.0. The van der Waals surface area contributed by atoms with Crippen molar-refractivity contribution < 1.29 is 38.2 Å². The maximum absolute atomic E-state index is 11.4. The number of rotatable bonds is 8. The molecule has 0 unspecified atom stereocenters. The molecule has 24 heavy (non-hydrogen) atoms. The Balaban J connectivity index is 4.38. The van der Waals surface area contributed by atoms with Gasteiger partial charge < -0.3 is 32.4 Å². The zero-order valence-electron chi connectivity index (χ0n) is 12.6. The van der Waals surface area contributed by atoms with E-state index in [1.165, 1.54) is 0 Å². The van der Waals surface area contributed by atoms with Crippen LogP contribution in [0.15, 0.2) is 0 Å². The second kappa shape index (κ2) is 10.0. The molecule has 0 aromatic heterocycles. The van der Waals surface area contributed by atoms with Crippen molar-refractivity contribution in [3.63, 3.8) is 0 Å². The fraction of sp³-hybridized carbons (Fsp3) is 0.500. The lowest BCUT2D eigenvalue weighted by Crippen LogP contribution is -2.39. The van der Waals surface area contributed by atoms with E-state index in [0.717, 1.165) is 0 Å². The molecule has 0 saturated carbocycles. The summed E-state index contributed by atoms with van der Waals surface area (Å²) in [4.78, 5) is 66.4. The third-order valence-electron chi connectivity index (χ3n) is 2.56. The van der Waals surface area contributed by atoms with Crippen molar-refractivity contribution in [3.05, 3.63) is 0 Å². The van der Waals surface area contributed by atoms with E-state index in [0.29, 0.717) is 0 Å². The van der Waals surface area contributed by atoms with E-state index in [1.807, 2.05) is 0 Å². The van der Waals surface area contributed by atoms with Crippen molar-refractivity contribution in [1.82, 2.24) is 0 Å². The average Bonchev–Trinajstić information content (AvgIpc) is 2.49. The van der Waals surface area contributed by atoms with E-state index in [1.54, 1.807) is 0 Å². The number of carbonyl (C=O) groups excluding carboxylic acids is 6. The van der Waals surface area contributed by atoms with Gasteiger partial charge in [-0.25, -0.2) is 19.2 Å². The molecular weight excluding hydrogens is 328 g/mol. The molecule has 0 aliphatic carbocycles. The standard InChI is InChI=1S/C12H18N4O8/c13-5(1-3-7(15)17)9(19)23-11(21)12(22)24-10(20)6(14)2-4-8(16)18/h5-6H,1-4,13-14H2,(H2,15,17)(H2,16,18)/t5-,6-/m0/s1. The Kier molecular flexibility index (Phi) is 8.82. The van der Waals surface area contributed by atoms with Gasteiger partial charge in [-0.15, -0.1) is 0 Å². The van der Waals surface area contributed by atoms with Gasteiger partial charge in [0.15, 0.2) is 0 Å². The number of amides is 2. The van der Waals surface area contributed by atoms with Crippen molar-refractivity contribution in [1.29, 1.82) is 0 Å². The summed E-state index contributed by atoms with van der Waals surface area (Å²) in [6, 6.07) is -2.74. The van der Waals surface area contributed by atoms with Crippen molar-refractivity contribution >= 4 is 35.7 Å². The van der Waals surface area contributed by atoms with Crippen molar-refractivity contribution in [2.45, 2.75) is 37.8 Å². The molecule has 2 atom stereocenters. The van der Waals surface area contributed by atoms with Crippen LogP contribution in [-0.2, 0) is 38.2 Å². The highest BCUT2D eigenvalue weighted by Gasteiger charge is 2.29. The van der Waals surface area contributed by atoms with Crippen LogP contribution in [0.25, 0.3) is 0 Å². The Morgan fingerprint density at radius 1 is 0.667 bits per heavy atom. The summed E-state index contributed by atoms with van der Waals surface area (Å²) in [5.74, 6) is -7.62. The minimum absolute atomic E-state index is 0.201. The number of hydrogen-bond acceptors (Lipinski definition) is 10. The molecule has 0 saturated heterocycles. The maximum Gasteiger partial charge on any atom is 0.425 e. The van der Waals surface area contributed by atoms with Gasteiger partial charge in [-0.3, -0.25) is 9.59 Å². The predicted molar refractivity (Wildman–Crippen MR) is 75.0 cm³/mol. The summed E-state index contributed by atoms with van der Waals surface area (Å²) in [6.45, 7) is 0. The number of ether oxygens (including phenoxy) is 2. The molecule has 12 nitrogen and oxygen atoms in total. The average molecular weight is 346 g/mol. The van der Waals surface area contributed by atoms with E-state index >= 15 is 0 Å². The Morgan fingerprint density at radius 3 is 1.21 bits per heavy atom. The second-order valence-corrected chi connectivity index (χ2v) is 4.64. The molecule has 0 aromatic carbocycles. The van der Waals surface area contributed by atoms with Crippen molar-refractivity contribution in [3.8, 4) is 0 Å². The Morgan fingerprint density at radius 2 is 0.958 bits per heavy atom. The van der Waals surface area contributed by atoms with Gasteiger partial charge in [-0.1, -0.05) is 0 Å². The molecule has 0 aliphatic rings. The van der Waals surface area contributed by atoms with Gasteiger partial charge in [0.1, 0.15) is 12.1 Å². The zero-order valence-corrected chi connectivity index (χ0v) is 12.6. The summed E-state index contributed by atoms with van der Waals surface area (Å²) < 4.78 is 8.18. The van der Waals surface area contributed by atoms with Gasteiger partial charge in [0.2, 0.25) is 11.8 Å². The largest absolute Gasteiger partial charge is 0.425 e. The van der Waals surface area contributed by atoms with Gasteiger partial charge in [0, 0.05) is 12.8 Å². The lowest BCUT2D eigenvalue weighted by molar-refractivity contribution is -0.178. The quantitative estimate of drug-likeness (QED) is 0.191. The van der Waals surface area contributed by atoms with Crippen molar-refractivity contribution in [2.24, 2.45) is 22.9 Å². The van der Waals surface area contributed by atoms with Crippen LogP contribution in [-0.4, -0.2) is 47.8 Å². The van der Waals surface area contributed by atoms with Gasteiger partial charge in [0.25, 0.3) is 0 Å². The van der Waals surface area contributed by atoms with E-state index in [9.17, 15) is 28.8 Å². The van der Waals surface area contributed by atoms with E-state index in [4.69, 9.17) is 22.9 Å². The first kappa shape index (κ1) is 21.1. The summed E-state index contributed by atoms with van der Waals surface area (Å²) in [6.07, 6.45) is -0.870. The van der Waals surface area contributed by atoms with Crippen LogP contribution in [0.5, 0.6) is 0 Å². The van der Waals surface area contributed by atoms with Crippen LogP contribution in [0.4, 0.5) is 0 Å². The fourth-order valence-corrected chi connectivity index (χ4v) is 1.25. The van der Waals surface area contributed by atoms with E-state index in [-0.39, 0.29) is 25.7 Å². The van der Waals surface area contributed by atoms with Crippen LogP contribution >= 0.6 is 0 Å². The Labute approximate surface area is 135 Å². The van der Waals surface area contributed by atoms with Crippen LogP contribution in [0.2, 0.25) is 0 Å². The van der Waals surface area contributed by atoms with Crippen LogP contribution < -0.4 is 22.9 Å². The second-order valence-electron chi connectivity index (χ2n) is 4.64. The Hall–Kier alpha value is -2.86. The first-order valence-corrected chi connectivity index (χ1v) is 6.64. The highest BCUT2D eigenvalue weighted by molar-refractivity contribution is 6.33. The fourth-order valence-electron chi connectivity index (χ4n) is 1.25. The van der Waals surface area contributed by atoms with E-state index < -0.39 is 47.8 Å². The zero-order chi connectivity index (χ0) is 18.9. The smallest absolute Gasteiger partial charge is 0.383 e. The van der Waals surface area contributed by atoms with Crippen LogP contribution in [0, 0.1) is 0 Å². The van der Waals surface area contributed by atoms with Crippen LogP contribution in [0.3, 0.4) is 0 Å². The molecule has 0 spiro atoms. The third-order valence-corrected chi connectivity index (χ3v) is 2.56. The van der Waals surface area contributed by atoms with Crippen LogP contribution in [0.1, 0.15) is 25.7 Å². The first-order valence-electron chi connectivity index (χ1n) is 6.64. The molecule has 0 bridgehead atoms. The number of esters is 4. The maximum atomic E-state index is 11.4. The topological polar surface area (TPSA) is 225 Å².